The summed E-state index contributed by atoms with van der Waals surface area (Å²) in [5.74, 6) is -1.25. The number of rotatable bonds is 5. The third-order valence-electron chi connectivity index (χ3n) is 0.948. The maximum absolute atomic E-state index is 11.5. The molecule has 11 heavy (non-hydrogen) atoms. The molecule has 0 aromatic heterocycles. The Morgan fingerprint density at radius 1 is 1.64 bits per heavy atom. The van der Waals surface area contributed by atoms with Crippen LogP contribution in [0.25, 0.3) is 0 Å². The van der Waals surface area contributed by atoms with Crippen molar-refractivity contribution in [3.63, 3.8) is 0 Å². The highest BCUT2D eigenvalue weighted by atomic mass is 19.3. The zero-order valence-corrected chi connectivity index (χ0v) is 6.27. The van der Waals surface area contributed by atoms with E-state index in [1.165, 1.54) is 0 Å². The van der Waals surface area contributed by atoms with Crippen LogP contribution in [0.2, 0.25) is 0 Å². The van der Waals surface area contributed by atoms with Gasteiger partial charge in [-0.25, -0.2) is 0 Å². The highest BCUT2D eigenvalue weighted by Gasteiger charge is 2.13. The molecule has 5 heteroatoms. The Hall–Kier alpha value is -0.710. The number of hydrogen-bond acceptors (Lipinski definition) is 2. The fraction of sp³-hybridized carbons (Fsp3) is 0.833. The summed E-state index contributed by atoms with van der Waals surface area (Å²) in [6, 6.07) is 0. The van der Waals surface area contributed by atoms with E-state index in [1.807, 2.05) is 5.32 Å². The quantitative estimate of drug-likeness (QED) is 0.602. The molecule has 0 aliphatic carbocycles. The standard InChI is InChI=1S/C6H11F2NO2/c1-2-11-4-3-9-6(10)5(7)8/h5H,2-4H2,1H3,(H,9,10). The van der Waals surface area contributed by atoms with E-state index in [9.17, 15) is 13.6 Å². The number of amides is 1. The van der Waals surface area contributed by atoms with E-state index < -0.39 is 12.3 Å². The Morgan fingerprint density at radius 3 is 2.73 bits per heavy atom. The van der Waals surface area contributed by atoms with Gasteiger partial charge in [-0.15, -0.1) is 0 Å². The number of carbonyl (C=O) groups is 1. The predicted octanol–water partition coefficient (Wildman–Crippen LogP) is 0.404. The van der Waals surface area contributed by atoms with Crippen LogP contribution in [0, 0.1) is 0 Å². The highest BCUT2D eigenvalue weighted by molar-refractivity contribution is 5.78. The second kappa shape index (κ2) is 6.03. The molecule has 0 saturated carbocycles. The van der Waals surface area contributed by atoms with Gasteiger partial charge < -0.3 is 10.1 Å². The molecule has 0 unspecified atom stereocenters. The highest BCUT2D eigenvalue weighted by Crippen LogP contribution is 1.89. The second-order valence-corrected chi connectivity index (χ2v) is 1.79. The van der Waals surface area contributed by atoms with Gasteiger partial charge in [-0.2, -0.15) is 8.78 Å². The van der Waals surface area contributed by atoms with E-state index >= 15 is 0 Å². The van der Waals surface area contributed by atoms with Gasteiger partial charge in [-0.3, -0.25) is 4.79 Å². The number of halogens is 2. The van der Waals surface area contributed by atoms with Gasteiger partial charge in [0.15, 0.2) is 0 Å². The van der Waals surface area contributed by atoms with Crippen molar-refractivity contribution >= 4 is 5.91 Å². The topological polar surface area (TPSA) is 38.3 Å². The summed E-state index contributed by atoms with van der Waals surface area (Å²) < 4.78 is 27.8. The number of carbonyl (C=O) groups excluding carboxylic acids is 1. The van der Waals surface area contributed by atoms with Gasteiger partial charge in [0, 0.05) is 13.2 Å². The first kappa shape index (κ1) is 10.3. The van der Waals surface area contributed by atoms with Crippen LogP contribution in [0.3, 0.4) is 0 Å². The number of hydrogen-bond donors (Lipinski definition) is 1. The van der Waals surface area contributed by atoms with Gasteiger partial charge in [0.25, 0.3) is 5.91 Å². The normalized spacial score (nSPS) is 10.2. The van der Waals surface area contributed by atoms with E-state index in [4.69, 9.17) is 4.74 Å². The summed E-state index contributed by atoms with van der Waals surface area (Å²) in [5.41, 5.74) is 0. The molecular formula is C6H11F2NO2. The third kappa shape index (κ3) is 5.72. The van der Waals surface area contributed by atoms with Gasteiger partial charge in [0.1, 0.15) is 0 Å². The Bertz CT molecular complexity index is 119. The van der Waals surface area contributed by atoms with E-state index in [0.717, 1.165) is 0 Å². The molecule has 0 spiro atoms. The monoisotopic (exact) mass is 167 g/mol. The minimum Gasteiger partial charge on any atom is -0.380 e. The van der Waals surface area contributed by atoms with E-state index in [2.05, 4.69) is 0 Å². The first-order valence-corrected chi connectivity index (χ1v) is 3.32. The van der Waals surface area contributed by atoms with Crippen LogP contribution in [0.1, 0.15) is 6.92 Å². The average molecular weight is 167 g/mol. The molecule has 0 saturated heterocycles. The summed E-state index contributed by atoms with van der Waals surface area (Å²) in [4.78, 5) is 10.2. The molecular weight excluding hydrogens is 156 g/mol. The van der Waals surface area contributed by atoms with Crippen molar-refractivity contribution in [1.29, 1.82) is 0 Å². The van der Waals surface area contributed by atoms with Crippen molar-refractivity contribution in [2.75, 3.05) is 19.8 Å². The number of ether oxygens (including phenoxy) is 1. The van der Waals surface area contributed by atoms with Gasteiger partial charge in [0.2, 0.25) is 0 Å². The van der Waals surface area contributed by atoms with Crippen LogP contribution in [0.15, 0.2) is 0 Å². The van der Waals surface area contributed by atoms with Crippen LogP contribution >= 0.6 is 0 Å². The molecule has 0 aromatic carbocycles. The summed E-state index contributed by atoms with van der Waals surface area (Å²) in [6.07, 6.45) is -2.93. The lowest BCUT2D eigenvalue weighted by Gasteiger charge is -2.03. The lowest BCUT2D eigenvalue weighted by atomic mass is 10.6. The Balaban J connectivity index is 3.18. The molecule has 1 amide bonds. The van der Waals surface area contributed by atoms with Gasteiger partial charge >= 0.3 is 6.43 Å². The molecule has 0 bridgehead atoms. The van der Waals surface area contributed by atoms with Crippen molar-refractivity contribution in [2.45, 2.75) is 13.3 Å². The summed E-state index contributed by atoms with van der Waals surface area (Å²) in [5, 5.41) is 2.00. The fourth-order valence-corrected chi connectivity index (χ4v) is 0.468. The Morgan fingerprint density at radius 2 is 2.27 bits per heavy atom. The zero-order chi connectivity index (χ0) is 8.69. The van der Waals surface area contributed by atoms with E-state index in [-0.39, 0.29) is 13.2 Å². The van der Waals surface area contributed by atoms with Crippen molar-refractivity contribution in [2.24, 2.45) is 0 Å². The molecule has 66 valence electrons. The van der Waals surface area contributed by atoms with Crippen molar-refractivity contribution in [3.05, 3.63) is 0 Å². The largest absolute Gasteiger partial charge is 0.380 e. The predicted molar refractivity (Wildman–Crippen MR) is 35.5 cm³/mol. The Labute approximate surface area is 63.7 Å². The van der Waals surface area contributed by atoms with Crippen molar-refractivity contribution in [1.82, 2.24) is 5.32 Å². The van der Waals surface area contributed by atoms with Crippen LogP contribution < -0.4 is 5.32 Å². The molecule has 0 fully saturated rings. The minimum absolute atomic E-state index is 0.136. The van der Waals surface area contributed by atoms with Crippen molar-refractivity contribution in [3.8, 4) is 0 Å². The van der Waals surface area contributed by atoms with E-state index in [0.29, 0.717) is 6.61 Å². The number of nitrogens with one attached hydrogen (secondary N) is 1. The summed E-state index contributed by atoms with van der Waals surface area (Å²) in [7, 11) is 0. The third-order valence-corrected chi connectivity index (χ3v) is 0.948. The van der Waals surface area contributed by atoms with Crippen LogP contribution in [-0.2, 0) is 9.53 Å². The van der Waals surface area contributed by atoms with Gasteiger partial charge in [-0.1, -0.05) is 0 Å². The fourth-order valence-electron chi connectivity index (χ4n) is 0.468. The first-order chi connectivity index (χ1) is 5.18. The molecule has 0 radical (unpaired) electrons. The molecule has 0 atom stereocenters. The lowest BCUT2D eigenvalue weighted by Crippen LogP contribution is -2.32. The van der Waals surface area contributed by atoms with Gasteiger partial charge in [-0.05, 0) is 6.92 Å². The molecule has 0 aromatic rings. The molecule has 0 aliphatic heterocycles. The molecule has 3 nitrogen and oxygen atoms in total. The summed E-state index contributed by atoms with van der Waals surface area (Å²) in [6.45, 7) is 2.71. The molecule has 0 rings (SSSR count). The Kier molecular flexibility index (Phi) is 5.64. The van der Waals surface area contributed by atoms with Gasteiger partial charge in [0.05, 0.1) is 6.61 Å². The zero-order valence-electron chi connectivity index (χ0n) is 6.27. The SMILES string of the molecule is CCOCCNC(=O)C(F)F. The van der Waals surface area contributed by atoms with Crippen LogP contribution in [0.4, 0.5) is 8.78 Å². The van der Waals surface area contributed by atoms with E-state index in [1.54, 1.807) is 6.92 Å². The summed E-state index contributed by atoms with van der Waals surface area (Å²) >= 11 is 0. The molecule has 0 aliphatic rings. The number of alkyl halides is 2. The molecule has 0 heterocycles. The first-order valence-electron chi connectivity index (χ1n) is 3.32. The lowest BCUT2D eigenvalue weighted by molar-refractivity contribution is -0.131. The smallest absolute Gasteiger partial charge is 0.315 e. The second-order valence-electron chi connectivity index (χ2n) is 1.79. The van der Waals surface area contributed by atoms with Crippen LogP contribution in [-0.4, -0.2) is 32.1 Å². The minimum atomic E-state index is -2.93. The molecule has 1 N–H and O–H groups in total. The maximum atomic E-state index is 11.5. The maximum Gasteiger partial charge on any atom is 0.315 e. The van der Waals surface area contributed by atoms with Crippen molar-refractivity contribution < 1.29 is 18.3 Å². The average Bonchev–Trinajstić information content (AvgIpc) is 1.97. The van der Waals surface area contributed by atoms with Crippen LogP contribution in [0.5, 0.6) is 0 Å².